The van der Waals surface area contributed by atoms with E-state index in [0.717, 1.165) is 37.4 Å². The molecular formula is C19H22N4S3. The van der Waals surface area contributed by atoms with Gasteiger partial charge in [0.25, 0.3) is 0 Å². The smallest absolute Gasteiger partial charge is 0.199 e. The molecule has 5 rings (SSSR count). The molecule has 1 atom stereocenters. The third-order valence-corrected chi connectivity index (χ3v) is 7.83. The van der Waals surface area contributed by atoms with Crippen LogP contribution in [0.15, 0.2) is 29.0 Å². The van der Waals surface area contributed by atoms with Gasteiger partial charge in [-0.15, -0.1) is 22.7 Å². The third kappa shape index (κ3) is 2.91. The summed E-state index contributed by atoms with van der Waals surface area (Å²) in [5, 5.41) is 9.32. The number of hydrogen-bond donors (Lipinski definition) is 0. The highest BCUT2D eigenvalue weighted by atomic mass is 32.1. The van der Waals surface area contributed by atoms with Gasteiger partial charge in [-0.05, 0) is 59.9 Å². The zero-order valence-corrected chi connectivity index (χ0v) is 17.1. The minimum absolute atomic E-state index is 0.327. The molecule has 0 bridgehead atoms. The van der Waals surface area contributed by atoms with Crippen LogP contribution < -0.4 is 0 Å². The van der Waals surface area contributed by atoms with Crippen molar-refractivity contribution in [2.75, 3.05) is 6.54 Å². The molecule has 0 spiro atoms. The molecule has 136 valence electrons. The Labute approximate surface area is 166 Å². The number of thiophene rings is 2. The quantitative estimate of drug-likeness (QED) is 0.585. The normalized spacial score (nSPS) is 20.5. The van der Waals surface area contributed by atoms with Crippen molar-refractivity contribution < 1.29 is 0 Å². The molecule has 0 amide bonds. The molecule has 2 aliphatic rings. The fraction of sp³-hybridized carbons (Fsp3) is 0.474. The van der Waals surface area contributed by atoms with Gasteiger partial charge in [-0.1, -0.05) is 12.5 Å². The summed E-state index contributed by atoms with van der Waals surface area (Å²) in [6.07, 6.45) is 5.90. The average molecular weight is 403 g/mol. The van der Waals surface area contributed by atoms with Crippen LogP contribution in [0.3, 0.4) is 0 Å². The number of fused-ring (bicyclic) bond motifs is 2. The Kier molecular flexibility index (Phi) is 4.56. The van der Waals surface area contributed by atoms with Gasteiger partial charge >= 0.3 is 0 Å². The van der Waals surface area contributed by atoms with Crippen molar-refractivity contribution in [3.05, 3.63) is 54.9 Å². The molecule has 0 radical (unpaired) electrons. The lowest BCUT2D eigenvalue weighted by Crippen LogP contribution is -2.36. The standard InChI is InChI=1S/C19H22N4S3/c24-19-22-9-3-1-2-6-17(22)20-23(19)13-21-10-7-15-14(8-12-26-15)18(21)16-5-4-11-25-16/h4-5,8,11-12,18H,1-3,6-7,9-10,13H2/t18-/m0/s1. The van der Waals surface area contributed by atoms with Gasteiger partial charge in [0.1, 0.15) is 5.82 Å². The van der Waals surface area contributed by atoms with E-state index in [1.165, 1.54) is 40.4 Å². The summed E-state index contributed by atoms with van der Waals surface area (Å²) in [6, 6.07) is 7.05. The first-order valence-corrected chi connectivity index (χ1v) is 11.5. The van der Waals surface area contributed by atoms with E-state index in [9.17, 15) is 0 Å². The summed E-state index contributed by atoms with van der Waals surface area (Å²) in [5.41, 5.74) is 1.47. The lowest BCUT2D eigenvalue weighted by atomic mass is 9.99. The molecule has 0 N–H and O–H groups in total. The van der Waals surface area contributed by atoms with E-state index in [2.05, 4.69) is 43.1 Å². The second kappa shape index (κ2) is 7.03. The molecule has 7 heteroatoms. The molecule has 3 aromatic heterocycles. The van der Waals surface area contributed by atoms with Crippen molar-refractivity contribution in [3.8, 4) is 0 Å². The Hall–Kier alpha value is -1.28. The van der Waals surface area contributed by atoms with E-state index in [1.807, 2.05) is 22.7 Å². The van der Waals surface area contributed by atoms with Crippen LogP contribution in [-0.4, -0.2) is 25.8 Å². The Morgan fingerprint density at radius 1 is 1.08 bits per heavy atom. The van der Waals surface area contributed by atoms with Crippen molar-refractivity contribution >= 4 is 34.9 Å². The Balaban J connectivity index is 1.49. The summed E-state index contributed by atoms with van der Waals surface area (Å²) in [4.78, 5) is 5.49. The predicted molar refractivity (Wildman–Crippen MR) is 109 cm³/mol. The minimum atomic E-state index is 0.327. The highest BCUT2D eigenvalue weighted by molar-refractivity contribution is 7.71. The van der Waals surface area contributed by atoms with Crippen molar-refractivity contribution in [1.82, 2.24) is 19.2 Å². The van der Waals surface area contributed by atoms with Crippen LogP contribution >= 0.6 is 34.9 Å². The summed E-state index contributed by atoms with van der Waals surface area (Å²) < 4.78 is 5.22. The second-order valence-corrected chi connectivity index (χ2v) is 9.43. The van der Waals surface area contributed by atoms with E-state index in [1.54, 1.807) is 0 Å². The molecule has 4 nitrogen and oxygen atoms in total. The predicted octanol–water partition coefficient (Wildman–Crippen LogP) is 4.87. The van der Waals surface area contributed by atoms with Gasteiger partial charge in [0.2, 0.25) is 0 Å². The molecular weight excluding hydrogens is 380 g/mol. The maximum atomic E-state index is 5.78. The Morgan fingerprint density at radius 3 is 2.92 bits per heavy atom. The fourth-order valence-corrected chi connectivity index (χ4v) is 6.27. The summed E-state index contributed by atoms with van der Waals surface area (Å²) in [7, 11) is 0. The maximum Gasteiger partial charge on any atom is 0.199 e. The molecule has 0 saturated heterocycles. The first-order chi connectivity index (χ1) is 12.8. The number of rotatable bonds is 3. The number of hydrogen-bond acceptors (Lipinski definition) is 5. The second-order valence-electron chi connectivity index (χ2n) is 7.08. The van der Waals surface area contributed by atoms with Gasteiger partial charge in [-0.3, -0.25) is 4.90 Å². The van der Waals surface area contributed by atoms with E-state index in [-0.39, 0.29) is 0 Å². The van der Waals surface area contributed by atoms with Crippen molar-refractivity contribution in [2.45, 2.75) is 51.4 Å². The lowest BCUT2D eigenvalue weighted by molar-refractivity contribution is 0.158. The average Bonchev–Trinajstić information content (AvgIpc) is 3.35. The highest BCUT2D eigenvalue weighted by Gasteiger charge is 2.31. The van der Waals surface area contributed by atoms with Crippen LogP contribution in [0.4, 0.5) is 0 Å². The summed E-state index contributed by atoms with van der Waals surface area (Å²) in [5.74, 6) is 1.17. The molecule has 0 aromatic carbocycles. The van der Waals surface area contributed by atoms with Gasteiger partial charge in [0, 0.05) is 29.3 Å². The molecule has 0 unspecified atom stereocenters. The molecule has 0 saturated carbocycles. The van der Waals surface area contributed by atoms with Gasteiger partial charge in [-0.25, -0.2) is 4.68 Å². The molecule has 26 heavy (non-hydrogen) atoms. The number of nitrogens with zero attached hydrogens (tertiary/aromatic N) is 4. The van der Waals surface area contributed by atoms with E-state index < -0.39 is 0 Å². The minimum Gasteiger partial charge on any atom is -0.304 e. The van der Waals surface area contributed by atoms with Gasteiger partial charge in [0.05, 0.1) is 12.7 Å². The zero-order chi connectivity index (χ0) is 17.5. The van der Waals surface area contributed by atoms with Crippen molar-refractivity contribution in [2.24, 2.45) is 0 Å². The third-order valence-electron chi connectivity index (χ3n) is 5.48. The van der Waals surface area contributed by atoms with Crippen LogP contribution in [0.5, 0.6) is 0 Å². The van der Waals surface area contributed by atoms with Gasteiger partial charge < -0.3 is 4.57 Å². The Bertz CT molecular complexity index is 950. The molecule has 0 fully saturated rings. The lowest BCUT2D eigenvalue weighted by Gasteiger charge is -2.35. The largest absolute Gasteiger partial charge is 0.304 e. The van der Waals surface area contributed by atoms with Crippen LogP contribution in [-0.2, 0) is 26.1 Å². The fourth-order valence-electron chi connectivity index (χ4n) is 4.19. The topological polar surface area (TPSA) is 26.0 Å². The molecule has 3 aromatic rings. The van der Waals surface area contributed by atoms with Crippen LogP contribution in [0, 0.1) is 4.77 Å². The van der Waals surface area contributed by atoms with E-state index in [4.69, 9.17) is 17.3 Å². The maximum absolute atomic E-state index is 5.78. The Morgan fingerprint density at radius 2 is 2.04 bits per heavy atom. The SMILES string of the molecule is S=c1n(CN2CCc3sccc3[C@H]2c2cccs2)nc2n1CCCCC2. The molecule has 2 aliphatic heterocycles. The summed E-state index contributed by atoms with van der Waals surface area (Å²) >= 11 is 9.52. The summed E-state index contributed by atoms with van der Waals surface area (Å²) in [6.45, 7) is 2.86. The zero-order valence-electron chi connectivity index (χ0n) is 14.6. The molecule has 0 aliphatic carbocycles. The number of aromatic nitrogens is 3. The van der Waals surface area contributed by atoms with Gasteiger partial charge in [0.15, 0.2) is 4.77 Å². The first-order valence-electron chi connectivity index (χ1n) is 9.31. The first kappa shape index (κ1) is 16.9. The van der Waals surface area contributed by atoms with Crippen molar-refractivity contribution in [1.29, 1.82) is 0 Å². The monoisotopic (exact) mass is 402 g/mol. The van der Waals surface area contributed by atoms with Crippen LogP contribution in [0.1, 0.15) is 46.4 Å². The van der Waals surface area contributed by atoms with Crippen molar-refractivity contribution in [3.63, 3.8) is 0 Å². The van der Waals surface area contributed by atoms with E-state index in [0.29, 0.717) is 6.04 Å². The number of aryl methyl sites for hydroxylation is 1. The van der Waals surface area contributed by atoms with E-state index >= 15 is 0 Å². The molecule has 5 heterocycles. The van der Waals surface area contributed by atoms with Crippen LogP contribution in [0.25, 0.3) is 0 Å². The van der Waals surface area contributed by atoms with Gasteiger partial charge in [-0.2, -0.15) is 5.10 Å². The highest BCUT2D eigenvalue weighted by Crippen LogP contribution is 2.39. The van der Waals surface area contributed by atoms with Crippen LogP contribution in [0.2, 0.25) is 0 Å².